The second-order valence-electron chi connectivity index (χ2n) is 4.38. The van der Waals surface area contributed by atoms with Gasteiger partial charge in [0.05, 0.1) is 11.5 Å². The zero-order valence-corrected chi connectivity index (χ0v) is 8.87. The molecule has 0 spiro atoms. The Labute approximate surface area is 90.7 Å². The highest BCUT2D eigenvalue weighted by Gasteiger charge is 2.33. The van der Waals surface area contributed by atoms with Crippen molar-refractivity contribution in [1.29, 1.82) is 5.26 Å². The van der Waals surface area contributed by atoms with E-state index in [2.05, 4.69) is 6.07 Å². The van der Waals surface area contributed by atoms with Crippen molar-refractivity contribution in [3.05, 3.63) is 29.8 Å². The summed E-state index contributed by atoms with van der Waals surface area (Å²) in [6, 6.07) is 10.3. The summed E-state index contributed by atoms with van der Waals surface area (Å²) in [6.45, 7) is 0. The van der Waals surface area contributed by atoms with Crippen molar-refractivity contribution >= 4 is 5.69 Å². The second kappa shape index (κ2) is 3.94. The molecule has 15 heavy (non-hydrogen) atoms. The number of nitriles is 1. The summed E-state index contributed by atoms with van der Waals surface area (Å²) in [5.41, 5.74) is 7.32. The van der Waals surface area contributed by atoms with Gasteiger partial charge in [-0.15, -0.1) is 0 Å². The molecule has 0 atom stereocenters. The van der Waals surface area contributed by atoms with Crippen LogP contribution in [-0.2, 0) is 5.41 Å². The van der Waals surface area contributed by atoms with Crippen LogP contribution < -0.4 is 5.73 Å². The molecule has 0 radical (unpaired) electrons. The predicted molar refractivity (Wildman–Crippen MR) is 61.2 cm³/mol. The van der Waals surface area contributed by atoms with E-state index in [9.17, 15) is 5.26 Å². The normalized spacial score (nSPS) is 19.4. The van der Waals surface area contributed by atoms with E-state index in [1.165, 1.54) is 6.42 Å². The molecule has 2 nitrogen and oxygen atoms in total. The van der Waals surface area contributed by atoms with Crippen LogP contribution in [-0.4, -0.2) is 0 Å². The summed E-state index contributed by atoms with van der Waals surface area (Å²) in [4.78, 5) is 0. The van der Waals surface area contributed by atoms with E-state index in [1.807, 2.05) is 24.3 Å². The lowest BCUT2D eigenvalue weighted by molar-refractivity contribution is 0.366. The van der Waals surface area contributed by atoms with Gasteiger partial charge in [0.15, 0.2) is 0 Å². The van der Waals surface area contributed by atoms with E-state index in [0.29, 0.717) is 0 Å². The summed E-state index contributed by atoms with van der Waals surface area (Å²) < 4.78 is 0. The molecule has 2 heteroatoms. The zero-order valence-electron chi connectivity index (χ0n) is 8.87. The smallest absolute Gasteiger partial charge is 0.0822 e. The average Bonchev–Trinajstić information content (AvgIpc) is 2.31. The molecule has 1 aromatic carbocycles. The number of rotatable bonds is 1. The van der Waals surface area contributed by atoms with Crippen molar-refractivity contribution < 1.29 is 0 Å². The number of anilines is 1. The maximum atomic E-state index is 9.38. The van der Waals surface area contributed by atoms with Crippen LogP contribution in [0.2, 0.25) is 0 Å². The summed E-state index contributed by atoms with van der Waals surface area (Å²) in [5.74, 6) is 0. The van der Waals surface area contributed by atoms with Crippen LogP contribution in [0.15, 0.2) is 24.3 Å². The predicted octanol–water partition coefficient (Wildman–Crippen LogP) is 2.99. The van der Waals surface area contributed by atoms with Gasteiger partial charge in [-0.3, -0.25) is 0 Å². The van der Waals surface area contributed by atoms with Crippen LogP contribution in [0.4, 0.5) is 5.69 Å². The van der Waals surface area contributed by atoms with Crippen molar-refractivity contribution in [3.63, 3.8) is 0 Å². The van der Waals surface area contributed by atoms with Gasteiger partial charge in [0.2, 0.25) is 0 Å². The molecule has 0 aliphatic heterocycles. The van der Waals surface area contributed by atoms with Gasteiger partial charge < -0.3 is 5.73 Å². The lowest BCUT2D eigenvalue weighted by Gasteiger charge is -2.31. The van der Waals surface area contributed by atoms with E-state index in [0.717, 1.165) is 36.9 Å². The fourth-order valence-electron chi connectivity index (χ4n) is 2.42. The van der Waals surface area contributed by atoms with Crippen molar-refractivity contribution in [2.45, 2.75) is 37.5 Å². The van der Waals surface area contributed by atoms with Gasteiger partial charge in [0.25, 0.3) is 0 Å². The molecule has 1 saturated carbocycles. The van der Waals surface area contributed by atoms with Gasteiger partial charge in [0, 0.05) is 5.69 Å². The highest BCUT2D eigenvalue weighted by atomic mass is 14.5. The standard InChI is InChI=1S/C13H16N2/c14-10-13(8-2-1-3-9-13)11-4-6-12(15)7-5-11/h4-7H,1-3,8-9,15H2. The average molecular weight is 200 g/mol. The number of nitrogens with two attached hydrogens (primary N) is 1. The van der Waals surface area contributed by atoms with E-state index >= 15 is 0 Å². The molecule has 1 aliphatic rings. The maximum Gasteiger partial charge on any atom is 0.0822 e. The molecule has 0 aromatic heterocycles. The number of benzene rings is 1. The Kier molecular flexibility index (Phi) is 2.64. The Balaban J connectivity index is 2.33. The molecule has 2 rings (SSSR count). The fourth-order valence-corrected chi connectivity index (χ4v) is 2.42. The van der Waals surface area contributed by atoms with Crippen LogP contribution in [0, 0.1) is 11.3 Å². The molecule has 2 N–H and O–H groups in total. The lowest BCUT2D eigenvalue weighted by atomic mass is 9.70. The van der Waals surface area contributed by atoms with Crippen molar-refractivity contribution in [1.82, 2.24) is 0 Å². The van der Waals surface area contributed by atoms with Crippen LogP contribution in [0.1, 0.15) is 37.7 Å². The Hall–Kier alpha value is -1.49. The molecule has 0 amide bonds. The zero-order chi connectivity index (χ0) is 10.7. The topological polar surface area (TPSA) is 49.8 Å². The largest absolute Gasteiger partial charge is 0.399 e. The van der Waals surface area contributed by atoms with Crippen LogP contribution in [0.5, 0.6) is 0 Å². The molecule has 0 unspecified atom stereocenters. The minimum Gasteiger partial charge on any atom is -0.399 e. The SMILES string of the molecule is N#CC1(c2ccc(N)cc2)CCCCC1. The first-order valence-corrected chi connectivity index (χ1v) is 5.54. The molecule has 0 saturated heterocycles. The van der Waals surface area contributed by atoms with Crippen LogP contribution in [0.25, 0.3) is 0 Å². The van der Waals surface area contributed by atoms with Gasteiger partial charge in [-0.25, -0.2) is 0 Å². The maximum absolute atomic E-state index is 9.38. The monoisotopic (exact) mass is 200 g/mol. The molecular formula is C13H16N2. The molecule has 78 valence electrons. The second-order valence-corrected chi connectivity index (χ2v) is 4.38. The van der Waals surface area contributed by atoms with Gasteiger partial charge in [0.1, 0.15) is 0 Å². The van der Waals surface area contributed by atoms with Gasteiger partial charge in [-0.2, -0.15) is 5.26 Å². The van der Waals surface area contributed by atoms with E-state index in [1.54, 1.807) is 0 Å². The third-order valence-electron chi connectivity index (χ3n) is 3.38. The summed E-state index contributed by atoms with van der Waals surface area (Å²) in [6.07, 6.45) is 5.58. The molecule has 1 aliphatic carbocycles. The molecule has 0 heterocycles. The lowest BCUT2D eigenvalue weighted by Crippen LogP contribution is -2.26. The van der Waals surface area contributed by atoms with Gasteiger partial charge >= 0.3 is 0 Å². The minimum absolute atomic E-state index is 0.244. The van der Waals surface area contributed by atoms with Crippen LogP contribution in [0.3, 0.4) is 0 Å². The van der Waals surface area contributed by atoms with E-state index in [-0.39, 0.29) is 5.41 Å². The highest BCUT2D eigenvalue weighted by Crippen LogP contribution is 2.38. The molecule has 1 fully saturated rings. The number of nitrogens with zero attached hydrogens (tertiary/aromatic N) is 1. The summed E-state index contributed by atoms with van der Waals surface area (Å²) >= 11 is 0. The van der Waals surface area contributed by atoms with Gasteiger partial charge in [-0.05, 0) is 30.5 Å². The highest BCUT2D eigenvalue weighted by molar-refractivity contribution is 5.43. The van der Waals surface area contributed by atoms with Crippen molar-refractivity contribution in [3.8, 4) is 6.07 Å². The molecule has 1 aromatic rings. The van der Waals surface area contributed by atoms with Gasteiger partial charge in [-0.1, -0.05) is 31.4 Å². The number of hydrogen-bond donors (Lipinski definition) is 1. The van der Waals surface area contributed by atoms with Crippen molar-refractivity contribution in [2.75, 3.05) is 5.73 Å². The Morgan fingerprint density at radius 3 is 2.20 bits per heavy atom. The Bertz CT molecular complexity index is 367. The Morgan fingerprint density at radius 2 is 1.67 bits per heavy atom. The first-order chi connectivity index (χ1) is 7.27. The summed E-state index contributed by atoms with van der Waals surface area (Å²) in [5, 5.41) is 9.38. The summed E-state index contributed by atoms with van der Waals surface area (Å²) in [7, 11) is 0. The minimum atomic E-state index is -0.244. The first kappa shape index (κ1) is 10.0. The molecule has 0 bridgehead atoms. The van der Waals surface area contributed by atoms with Crippen LogP contribution >= 0.6 is 0 Å². The third-order valence-corrected chi connectivity index (χ3v) is 3.38. The molecular weight excluding hydrogens is 184 g/mol. The first-order valence-electron chi connectivity index (χ1n) is 5.54. The quantitative estimate of drug-likeness (QED) is 0.708. The Morgan fingerprint density at radius 1 is 1.07 bits per heavy atom. The number of nitrogen functional groups attached to an aromatic ring is 1. The van der Waals surface area contributed by atoms with Crippen molar-refractivity contribution in [2.24, 2.45) is 0 Å². The van der Waals surface area contributed by atoms with E-state index < -0.39 is 0 Å². The third kappa shape index (κ3) is 1.83. The fraction of sp³-hybridized carbons (Fsp3) is 0.462. The number of hydrogen-bond acceptors (Lipinski definition) is 2. The van der Waals surface area contributed by atoms with E-state index in [4.69, 9.17) is 5.73 Å².